The molecule has 158 valence electrons. The van der Waals surface area contributed by atoms with Gasteiger partial charge < -0.3 is 19.3 Å². The molecule has 0 unspecified atom stereocenters. The summed E-state index contributed by atoms with van der Waals surface area (Å²) in [5, 5.41) is 16.4. The van der Waals surface area contributed by atoms with Gasteiger partial charge in [-0.1, -0.05) is 35.9 Å². The van der Waals surface area contributed by atoms with Crippen molar-refractivity contribution < 1.29 is 19.8 Å². The molecule has 0 atom stereocenters. The Bertz CT molecular complexity index is 1180. The van der Waals surface area contributed by atoms with Gasteiger partial charge in [0.2, 0.25) is 0 Å². The van der Waals surface area contributed by atoms with Crippen LogP contribution in [0.1, 0.15) is 11.4 Å². The highest BCUT2D eigenvalue weighted by Gasteiger charge is 2.11. The van der Waals surface area contributed by atoms with E-state index in [0.717, 1.165) is 28.4 Å². The number of carboxylic acid groups (broad SMARTS) is 2. The number of imidazole rings is 2. The third-order valence-electron chi connectivity index (χ3n) is 4.24. The summed E-state index contributed by atoms with van der Waals surface area (Å²) in [5.74, 6) is -1.50. The molecular weight excluding hydrogens is 420 g/mol. The summed E-state index contributed by atoms with van der Waals surface area (Å²) in [7, 11) is 0. The van der Waals surface area contributed by atoms with Crippen LogP contribution in [0.2, 0.25) is 5.02 Å². The first-order valence-electron chi connectivity index (χ1n) is 9.20. The fourth-order valence-corrected chi connectivity index (χ4v) is 3.01. The van der Waals surface area contributed by atoms with Gasteiger partial charge in [0, 0.05) is 36.1 Å². The zero-order valence-electron chi connectivity index (χ0n) is 16.3. The van der Waals surface area contributed by atoms with Crippen LogP contribution in [0.25, 0.3) is 11.0 Å². The maximum atomic E-state index is 9.55. The van der Waals surface area contributed by atoms with Crippen LogP contribution < -0.4 is 0 Å². The number of nitrogens with zero attached hydrogens (tertiary/aromatic N) is 4. The predicted molar refractivity (Wildman–Crippen MR) is 116 cm³/mol. The maximum Gasteiger partial charge on any atom is 0.328 e. The van der Waals surface area contributed by atoms with Crippen LogP contribution in [0.3, 0.4) is 0 Å². The number of halogens is 1. The third-order valence-corrected chi connectivity index (χ3v) is 4.49. The van der Waals surface area contributed by atoms with Gasteiger partial charge in [0.25, 0.3) is 0 Å². The van der Waals surface area contributed by atoms with Gasteiger partial charge in [-0.3, -0.25) is 0 Å². The predicted octanol–water partition coefficient (Wildman–Crippen LogP) is 3.69. The number of aromatic nitrogens is 4. The van der Waals surface area contributed by atoms with Crippen molar-refractivity contribution in [1.82, 2.24) is 19.1 Å². The highest BCUT2D eigenvalue weighted by molar-refractivity contribution is 6.30. The van der Waals surface area contributed by atoms with Gasteiger partial charge in [0.05, 0.1) is 23.9 Å². The molecule has 0 fully saturated rings. The summed E-state index contributed by atoms with van der Waals surface area (Å²) >= 11 is 5.99. The Balaban J connectivity index is 0.000000293. The number of carboxylic acids is 2. The van der Waals surface area contributed by atoms with Crippen molar-refractivity contribution >= 4 is 34.6 Å². The highest BCUT2D eigenvalue weighted by Crippen LogP contribution is 2.19. The topological polar surface area (TPSA) is 110 Å². The van der Waals surface area contributed by atoms with E-state index < -0.39 is 11.9 Å². The van der Waals surface area contributed by atoms with Crippen molar-refractivity contribution in [3.05, 3.63) is 95.8 Å². The molecule has 2 heterocycles. The smallest absolute Gasteiger partial charge is 0.328 e. The average molecular weight is 439 g/mol. The number of benzene rings is 2. The summed E-state index contributed by atoms with van der Waals surface area (Å²) in [6, 6.07) is 16.2. The zero-order valence-corrected chi connectivity index (χ0v) is 17.1. The number of para-hydroxylation sites is 2. The second kappa shape index (κ2) is 10.2. The lowest BCUT2D eigenvalue weighted by atomic mass is 10.2. The number of hydrogen-bond acceptors (Lipinski definition) is 4. The van der Waals surface area contributed by atoms with E-state index in [1.807, 2.05) is 47.4 Å². The number of aliphatic carboxylic acids is 2. The molecule has 0 radical (unpaired) electrons. The summed E-state index contributed by atoms with van der Waals surface area (Å²) in [5.41, 5.74) is 3.35. The molecular formula is C22H19ClN4O4. The lowest BCUT2D eigenvalue weighted by Crippen LogP contribution is -2.08. The number of fused-ring (bicyclic) bond motifs is 1. The highest BCUT2D eigenvalue weighted by atomic mass is 35.5. The van der Waals surface area contributed by atoms with Gasteiger partial charge in [-0.15, -0.1) is 0 Å². The third kappa shape index (κ3) is 6.28. The summed E-state index contributed by atoms with van der Waals surface area (Å²) in [4.78, 5) is 28.0. The SMILES string of the molecule is Clc1ccc(Cn2c(Cn3ccnc3)nc3ccccc32)cc1.O=C(O)C=CC(=O)O. The van der Waals surface area contributed by atoms with Crippen molar-refractivity contribution in [2.75, 3.05) is 0 Å². The molecule has 0 saturated heterocycles. The van der Waals surface area contributed by atoms with Gasteiger partial charge in [-0.05, 0) is 29.8 Å². The summed E-state index contributed by atoms with van der Waals surface area (Å²) in [6.07, 6.45) is 6.66. The molecule has 0 aliphatic carbocycles. The minimum atomic E-state index is -1.26. The van der Waals surface area contributed by atoms with Crippen LogP contribution in [-0.4, -0.2) is 41.3 Å². The molecule has 9 heteroatoms. The van der Waals surface area contributed by atoms with Crippen LogP contribution in [0.15, 0.2) is 79.4 Å². The Morgan fingerprint density at radius 2 is 1.65 bits per heavy atom. The standard InChI is InChI=1S/C18H15ClN4.C4H4O4/c19-15-7-5-14(6-8-15)11-23-17-4-2-1-3-16(17)21-18(23)12-22-10-9-20-13-22;5-3(6)1-2-4(7)8/h1-10,13H,11-12H2;1-2H,(H,5,6)(H,7,8). The average Bonchev–Trinajstić information content (AvgIpc) is 3.37. The molecule has 4 aromatic rings. The molecule has 0 spiro atoms. The minimum absolute atomic E-state index is 0.558. The van der Waals surface area contributed by atoms with E-state index in [9.17, 15) is 9.59 Å². The van der Waals surface area contributed by atoms with Gasteiger partial charge in [-0.2, -0.15) is 0 Å². The lowest BCUT2D eigenvalue weighted by molar-refractivity contribution is -0.134. The molecule has 0 aliphatic rings. The summed E-state index contributed by atoms with van der Waals surface area (Å²) < 4.78 is 4.28. The van der Waals surface area contributed by atoms with Crippen molar-refractivity contribution in [3.8, 4) is 0 Å². The van der Waals surface area contributed by atoms with E-state index in [0.29, 0.717) is 18.7 Å². The second-order valence-electron chi connectivity index (χ2n) is 6.47. The molecule has 4 rings (SSSR count). The molecule has 0 saturated carbocycles. The van der Waals surface area contributed by atoms with Crippen LogP contribution in [-0.2, 0) is 22.7 Å². The van der Waals surface area contributed by atoms with E-state index in [1.54, 1.807) is 6.20 Å². The first kappa shape index (κ1) is 21.8. The molecule has 2 aromatic carbocycles. The zero-order chi connectivity index (χ0) is 22.2. The van der Waals surface area contributed by atoms with Gasteiger partial charge >= 0.3 is 11.9 Å². The quantitative estimate of drug-likeness (QED) is 0.444. The molecule has 0 amide bonds. The Morgan fingerprint density at radius 1 is 0.968 bits per heavy atom. The molecule has 0 aliphatic heterocycles. The minimum Gasteiger partial charge on any atom is -0.478 e. The maximum absolute atomic E-state index is 9.55. The molecule has 8 nitrogen and oxygen atoms in total. The fourth-order valence-electron chi connectivity index (χ4n) is 2.88. The monoisotopic (exact) mass is 438 g/mol. The van der Waals surface area contributed by atoms with Crippen LogP contribution in [0.5, 0.6) is 0 Å². The second-order valence-corrected chi connectivity index (χ2v) is 6.91. The Labute approximate surface area is 182 Å². The Kier molecular flexibility index (Phi) is 7.18. The van der Waals surface area contributed by atoms with Crippen LogP contribution in [0.4, 0.5) is 0 Å². The number of hydrogen-bond donors (Lipinski definition) is 2. The van der Waals surface area contributed by atoms with Gasteiger partial charge in [0.1, 0.15) is 5.82 Å². The van der Waals surface area contributed by atoms with E-state index in [2.05, 4.69) is 27.8 Å². The Morgan fingerprint density at radius 3 is 2.26 bits per heavy atom. The van der Waals surface area contributed by atoms with Crippen molar-refractivity contribution in [2.45, 2.75) is 13.1 Å². The molecule has 0 bridgehead atoms. The van der Waals surface area contributed by atoms with E-state index in [4.69, 9.17) is 26.8 Å². The first-order valence-corrected chi connectivity index (χ1v) is 9.58. The van der Waals surface area contributed by atoms with E-state index >= 15 is 0 Å². The largest absolute Gasteiger partial charge is 0.478 e. The van der Waals surface area contributed by atoms with Crippen LogP contribution >= 0.6 is 11.6 Å². The van der Waals surface area contributed by atoms with E-state index in [-0.39, 0.29) is 0 Å². The van der Waals surface area contributed by atoms with Crippen molar-refractivity contribution in [3.63, 3.8) is 0 Å². The summed E-state index contributed by atoms with van der Waals surface area (Å²) in [6.45, 7) is 1.46. The lowest BCUT2D eigenvalue weighted by Gasteiger charge is -2.10. The van der Waals surface area contributed by atoms with Crippen LogP contribution in [0, 0.1) is 0 Å². The molecule has 2 N–H and O–H groups in total. The first-order chi connectivity index (χ1) is 14.9. The van der Waals surface area contributed by atoms with Gasteiger partial charge in [0.15, 0.2) is 0 Å². The number of rotatable bonds is 6. The number of carbonyl (C=O) groups is 2. The normalized spacial score (nSPS) is 10.7. The molecule has 2 aromatic heterocycles. The van der Waals surface area contributed by atoms with Crippen molar-refractivity contribution in [2.24, 2.45) is 0 Å². The van der Waals surface area contributed by atoms with E-state index in [1.165, 1.54) is 5.56 Å². The fraction of sp³-hybridized carbons (Fsp3) is 0.0909. The van der Waals surface area contributed by atoms with Crippen molar-refractivity contribution in [1.29, 1.82) is 0 Å². The van der Waals surface area contributed by atoms with Gasteiger partial charge in [-0.25, -0.2) is 19.6 Å². The Hall–Kier alpha value is -3.91. The molecule has 31 heavy (non-hydrogen) atoms.